The Morgan fingerprint density at radius 2 is 0.920 bits per heavy atom. The zero-order chi connectivity index (χ0) is 32.8. The Morgan fingerprint density at radius 1 is 0.380 bits per heavy atom. The molecule has 0 saturated carbocycles. The van der Waals surface area contributed by atoms with E-state index in [4.69, 9.17) is 9.97 Å². The fraction of sp³-hybridized carbons (Fsp3) is 0. The van der Waals surface area contributed by atoms with Crippen LogP contribution < -0.4 is 0 Å². The zero-order valence-electron chi connectivity index (χ0n) is 27.0. The van der Waals surface area contributed by atoms with Crippen LogP contribution in [0.2, 0.25) is 0 Å². The topological polar surface area (TPSA) is 35.6 Å². The van der Waals surface area contributed by atoms with E-state index in [0.717, 1.165) is 44.4 Å². The van der Waals surface area contributed by atoms with Gasteiger partial charge in [-0.3, -0.25) is 4.57 Å². The quantitative estimate of drug-likeness (QED) is 0.193. The highest BCUT2D eigenvalue weighted by Gasteiger charge is 2.25. The summed E-state index contributed by atoms with van der Waals surface area (Å²) in [6, 6.07) is 60.5. The third-order valence-electron chi connectivity index (χ3n) is 10.3. The van der Waals surface area contributed by atoms with Gasteiger partial charge in [-0.2, -0.15) is 0 Å². The largest absolute Gasteiger partial charge is 0.307 e. The maximum Gasteiger partial charge on any atom is 0.235 e. The number of hydrogen-bond donors (Lipinski definition) is 0. The fourth-order valence-corrected chi connectivity index (χ4v) is 8.17. The summed E-state index contributed by atoms with van der Waals surface area (Å²) >= 11 is 0. The summed E-state index contributed by atoms with van der Waals surface area (Å²) in [4.78, 5) is 10.9. The van der Waals surface area contributed by atoms with Crippen LogP contribution in [0.3, 0.4) is 0 Å². The Hall–Kier alpha value is -6.78. The van der Waals surface area contributed by atoms with E-state index in [1.807, 2.05) is 0 Å². The lowest BCUT2D eigenvalue weighted by molar-refractivity contribution is 1.01. The Morgan fingerprint density at radius 3 is 1.64 bits per heavy atom. The second-order valence-electron chi connectivity index (χ2n) is 13.0. The van der Waals surface area contributed by atoms with Crippen LogP contribution in [0.1, 0.15) is 0 Å². The predicted molar refractivity (Wildman–Crippen MR) is 209 cm³/mol. The van der Waals surface area contributed by atoms with Gasteiger partial charge in [0.15, 0.2) is 0 Å². The summed E-state index contributed by atoms with van der Waals surface area (Å²) in [6.45, 7) is 0. The minimum Gasteiger partial charge on any atom is -0.307 e. The van der Waals surface area contributed by atoms with Crippen molar-refractivity contribution in [1.29, 1.82) is 0 Å². The molecule has 0 amide bonds. The standard InChI is InChI=1S/C46H28N4/c1-2-16-32(17-3-1)49-39-24-12-9-21-36(39)41-33-18-6-7-19-34(33)42-37-22-10-13-25-40(37)50(45(42)44(41)49)46-47-38-23-11-8-20-35(38)43(48-46)31-27-26-29-14-4-5-15-30(29)28-31/h1-28H. The van der Waals surface area contributed by atoms with Crippen LogP contribution in [0.15, 0.2) is 170 Å². The molecule has 0 fully saturated rings. The molecule has 0 spiro atoms. The number of aromatic nitrogens is 4. The van der Waals surface area contributed by atoms with Crippen molar-refractivity contribution < 1.29 is 0 Å². The smallest absolute Gasteiger partial charge is 0.235 e. The third-order valence-corrected chi connectivity index (χ3v) is 10.3. The van der Waals surface area contributed by atoms with Crippen LogP contribution in [0.25, 0.3) is 99.0 Å². The lowest BCUT2D eigenvalue weighted by Crippen LogP contribution is -2.05. The number of nitrogens with zero attached hydrogens (tertiary/aromatic N) is 4. The molecule has 0 aliphatic heterocycles. The molecule has 232 valence electrons. The first kappa shape index (κ1) is 27.2. The molecule has 0 aliphatic rings. The average Bonchev–Trinajstić information content (AvgIpc) is 3.72. The van der Waals surface area contributed by atoms with Crippen LogP contribution in [0, 0.1) is 0 Å². The number of benzene rings is 8. The molecule has 3 heterocycles. The van der Waals surface area contributed by atoms with Gasteiger partial charge in [-0.1, -0.05) is 133 Å². The normalized spacial score (nSPS) is 12.0. The molecular weight excluding hydrogens is 609 g/mol. The van der Waals surface area contributed by atoms with Gasteiger partial charge in [0.1, 0.15) is 0 Å². The Balaban J connectivity index is 1.37. The molecule has 4 nitrogen and oxygen atoms in total. The summed E-state index contributed by atoms with van der Waals surface area (Å²) < 4.78 is 4.74. The van der Waals surface area contributed by atoms with E-state index in [9.17, 15) is 0 Å². The molecule has 11 aromatic rings. The van der Waals surface area contributed by atoms with Crippen molar-refractivity contribution in [3.63, 3.8) is 0 Å². The molecule has 0 aliphatic carbocycles. The molecule has 50 heavy (non-hydrogen) atoms. The lowest BCUT2D eigenvalue weighted by Gasteiger charge is -2.15. The molecule has 0 radical (unpaired) electrons. The minimum absolute atomic E-state index is 0.652. The Labute approximate surface area is 287 Å². The van der Waals surface area contributed by atoms with E-state index in [2.05, 4.69) is 179 Å². The van der Waals surface area contributed by atoms with Gasteiger partial charge in [0.25, 0.3) is 0 Å². The average molecular weight is 637 g/mol. The first-order valence-corrected chi connectivity index (χ1v) is 17.0. The lowest BCUT2D eigenvalue weighted by atomic mass is 9.98. The van der Waals surface area contributed by atoms with E-state index in [1.54, 1.807) is 0 Å². The number of hydrogen-bond acceptors (Lipinski definition) is 2. The van der Waals surface area contributed by atoms with Gasteiger partial charge in [-0.25, -0.2) is 9.97 Å². The molecule has 0 saturated heterocycles. The van der Waals surface area contributed by atoms with Crippen molar-refractivity contribution in [3.05, 3.63) is 170 Å². The fourth-order valence-electron chi connectivity index (χ4n) is 8.17. The summed E-state index contributed by atoms with van der Waals surface area (Å²) in [6.07, 6.45) is 0. The van der Waals surface area contributed by atoms with E-state index in [0.29, 0.717) is 5.95 Å². The summed E-state index contributed by atoms with van der Waals surface area (Å²) in [5, 5.41) is 10.7. The van der Waals surface area contributed by atoms with E-state index in [1.165, 1.54) is 48.6 Å². The monoisotopic (exact) mass is 636 g/mol. The van der Waals surface area contributed by atoms with Crippen LogP contribution >= 0.6 is 0 Å². The zero-order valence-corrected chi connectivity index (χ0v) is 27.0. The van der Waals surface area contributed by atoms with E-state index in [-0.39, 0.29) is 0 Å². The molecule has 0 atom stereocenters. The maximum atomic E-state index is 5.51. The van der Waals surface area contributed by atoms with Gasteiger partial charge < -0.3 is 4.57 Å². The summed E-state index contributed by atoms with van der Waals surface area (Å²) in [5.74, 6) is 0.652. The number of para-hydroxylation sites is 4. The molecular formula is C46H28N4. The highest BCUT2D eigenvalue weighted by atomic mass is 15.2. The predicted octanol–water partition coefficient (Wildman–Crippen LogP) is 11.8. The molecule has 3 aromatic heterocycles. The van der Waals surface area contributed by atoms with Gasteiger partial charge in [0.05, 0.1) is 33.3 Å². The van der Waals surface area contributed by atoms with Crippen LogP contribution in [0.5, 0.6) is 0 Å². The Kier molecular flexibility index (Phi) is 5.63. The minimum atomic E-state index is 0.652. The molecule has 0 bridgehead atoms. The highest BCUT2D eigenvalue weighted by Crippen LogP contribution is 2.46. The molecule has 8 aromatic carbocycles. The van der Waals surface area contributed by atoms with Crippen LogP contribution in [0.4, 0.5) is 0 Å². The third kappa shape index (κ3) is 3.76. The first-order chi connectivity index (χ1) is 24.8. The van der Waals surface area contributed by atoms with Gasteiger partial charge in [0, 0.05) is 38.2 Å². The first-order valence-electron chi connectivity index (χ1n) is 17.0. The second kappa shape index (κ2) is 10.4. The van der Waals surface area contributed by atoms with Gasteiger partial charge in [0.2, 0.25) is 5.95 Å². The number of rotatable bonds is 3. The molecule has 4 heteroatoms. The summed E-state index contributed by atoms with van der Waals surface area (Å²) in [5.41, 5.74) is 8.49. The molecule has 11 rings (SSSR count). The van der Waals surface area contributed by atoms with Crippen molar-refractivity contribution in [2.24, 2.45) is 0 Å². The van der Waals surface area contributed by atoms with Crippen LogP contribution in [-0.2, 0) is 0 Å². The van der Waals surface area contributed by atoms with Crippen molar-refractivity contribution in [2.45, 2.75) is 0 Å². The van der Waals surface area contributed by atoms with Crippen molar-refractivity contribution in [2.75, 3.05) is 0 Å². The van der Waals surface area contributed by atoms with Gasteiger partial charge in [-0.05, 0) is 57.9 Å². The number of fused-ring (bicyclic) bond motifs is 12. The van der Waals surface area contributed by atoms with Crippen molar-refractivity contribution in [3.8, 4) is 22.9 Å². The van der Waals surface area contributed by atoms with Crippen molar-refractivity contribution >= 4 is 76.1 Å². The van der Waals surface area contributed by atoms with E-state index < -0.39 is 0 Å². The highest BCUT2D eigenvalue weighted by molar-refractivity contribution is 6.36. The summed E-state index contributed by atoms with van der Waals surface area (Å²) in [7, 11) is 0. The van der Waals surface area contributed by atoms with E-state index >= 15 is 0 Å². The van der Waals surface area contributed by atoms with Gasteiger partial charge >= 0.3 is 0 Å². The van der Waals surface area contributed by atoms with Crippen LogP contribution in [-0.4, -0.2) is 19.1 Å². The SMILES string of the molecule is c1ccc(-n2c3ccccc3c3c4ccccc4c4c5ccccc5n(-c5nc(-c6ccc7ccccc7c6)c6ccccc6n5)c4c32)cc1. The Bertz CT molecular complexity index is 3150. The van der Waals surface area contributed by atoms with Gasteiger partial charge in [-0.15, -0.1) is 0 Å². The van der Waals surface area contributed by atoms with Crippen molar-refractivity contribution in [1.82, 2.24) is 19.1 Å². The second-order valence-corrected chi connectivity index (χ2v) is 13.0. The molecule has 0 unspecified atom stereocenters. The maximum absolute atomic E-state index is 5.51. The molecule has 0 N–H and O–H groups in total.